The lowest BCUT2D eigenvalue weighted by atomic mass is 10.1. The van der Waals surface area contributed by atoms with Crippen molar-refractivity contribution in [1.82, 2.24) is 4.90 Å². The van der Waals surface area contributed by atoms with E-state index in [9.17, 15) is 8.42 Å². The zero-order chi connectivity index (χ0) is 17.0. The van der Waals surface area contributed by atoms with E-state index in [1.54, 1.807) is 30.3 Å². The largest absolute Gasteiger partial charge is 0.379 e. The number of ether oxygens (including phenoxy) is 1. The van der Waals surface area contributed by atoms with Crippen LogP contribution in [0.4, 0.5) is 5.69 Å². The average Bonchev–Trinajstić information content (AvgIpc) is 2.63. The summed E-state index contributed by atoms with van der Waals surface area (Å²) in [5, 5.41) is 0. The number of nitrogens with one attached hydrogen (secondary N) is 1. The first kappa shape index (κ1) is 17.0. The van der Waals surface area contributed by atoms with Crippen molar-refractivity contribution in [3.63, 3.8) is 0 Å². The first-order chi connectivity index (χ1) is 11.6. The van der Waals surface area contributed by atoms with Gasteiger partial charge in [-0.2, -0.15) is 0 Å². The number of anilines is 1. The van der Waals surface area contributed by atoms with Crippen molar-refractivity contribution in [2.75, 3.05) is 31.0 Å². The monoisotopic (exact) mass is 346 g/mol. The maximum atomic E-state index is 12.3. The first-order valence-corrected chi connectivity index (χ1v) is 9.54. The van der Waals surface area contributed by atoms with Crippen molar-refractivity contribution in [3.05, 3.63) is 60.2 Å². The molecule has 0 aromatic heterocycles. The number of sulfonamides is 1. The van der Waals surface area contributed by atoms with Gasteiger partial charge in [0, 0.05) is 24.8 Å². The minimum absolute atomic E-state index is 0.260. The molecule has 0 bridgehead atoms. The molecule has 0 amide bonds. The van der Waals surface area contributed by atoms with Gasteiger partial charge in [-0.1, -0.05) is 30.3 Å². The molecule has 0 radical (unpaired) electrons. The predicted octanol–water partition coefficient (Wildman–Crippen LogP) is 2.88. The molecule has 1 N–H and O–H groups in total. The van der Waals surface area contributed by atoms with E-state index in [0.29, 0.717) is 5.69 Å². The second-order valence-corrected chi connectivity index (χ2v) is 7.55. The Morgan fingerprint density at radius 1 is 1.00 bits per heavy atom. The van der Waals surface area contributed by atoms with Crippen LogP contribution in [0.5, 0.6) is 0 Å². The molecule has 1 heterocycles. The summed E-state index contributed by atoms with van der Waals surface area (Å²) in [6.45, 7) is 5.53. The minimum Gasteiger partial charge on any atom is -0.379 e. The fourth-order valence-corrected chi connectivity index (χ4v) is 3.90. The Kier molecular flexibility index (Phi) is 5.18. The number of benzene rings is 2. The van der Waals surface area contributed by atoms with Gasteiger partial charge in [0.1, 0.15) is 0 Å². The van der Waals surface area contributed by atoms with Crippen molar-refractivity contribution in [1.29, 1.82) is 0 Å². The molecule has 2 aromatic rings. The van der Waals surface area contributed by atoms with Crippen molar-refractivity contribution in [2.24, 2.45) is 0 Å². The lowest BCUT2D eigenvalue weighted by Crippen LogP contribution is -2.37. The van der Waals surface area contributed by atoms with E-state index in [2.05, 4.69) is 16.5 Å². The van der Waals surface area contributed by atoms with Crippen LogP contribution in [0.2, 0.25) is 0 Å². The zero-order valence-electron chi connectivity index (χ0n) is 13.7. The van der Waals surface area contributed by atoms with Crippen molar-refractivity contribution in [2.45, 2.75) is 17.9 Å². The highest BCUT2D eigenvalue weighted by Gasteiger charge is 2.19. The maximum absolute atomic E-state index is 12.3. The van der Waals surface area contributed by atoms with Crippen LogP contribution in [0.1, 0.15) is 18.5 Å². The highest BCUT2D eigenvalue weighted by atomic mass is 32.2. The lowest BCUT2D eigenvalue weighted by molar-refractivity contribution is 0.0198. The lowest BCUT2D eigenvalue weighted by Gasteiger charge is -2.32. The van der Waals surface area contributed by atoms with Gasteiger partial charge in [-0.05, 0) is 36.8 Å². The topological polar surface area (TPSA) is 58.6 Å². The summed E-state index contributed by atoms with van der Waals surface area (Å²) in [7, 11) is -3.54. The van der Waals surface area contributed by atoms with Gasteiger partial charge in [0.2, 0.25) is 0 Å². The zero-order valence-corrected chi connectivity index (χ0v) is 14.5. The molecule has 0 aliphatic carbocycles. The molecular weight excluding hydrogens is 324 g/mol. The van der Waals surface area contributed by atoms with Crippen LogP contribution in [-0.4, -0.2) is 39.6 Å². The molecule has 1 aliphatic rings. The van der Waals surface area contributed by atoms with Crippen molar-refractivity contribution in [3.8, 4) is 0 Å². The molecule has 5 nitrogen and oxygen atoms in total. The van der Waals surface area contributed by atoms with Crippen LogP contribution in [0.25, 0.3) is 0 Å². The van der Waals surface area contributed by atoms with E-state index in [-0.39, 0.29) is 10.9 Å². The second-order valence-electron chi connectivity index (χ2n) is 5.86. The number of morpholine rings is 1. The quantitative estimate of drug-likeness (QED) is 0.904. The maximum Gasteiger partial charge on any atom is 0.261 e. The van der Waals surface area contributed by atoms with Crippen molar-refractivity contribution < 1.29 is 13.2 Å². The number of hydrogen-bond donors (Lipinski definition) is 1. The van der Waals surface area contributed by atoms with E-state index >= 15 is 0 Å². The van der Waals surface area contributed by atoms with Crippen LogP contribution in [0, 0.1) is 0 Å². The van der Waals surface area contributed by atoms with E-state index in [1.165, 1.54) is 5.56 Å². The smallest absolute Gasteiger partial charge is 0.261 e. The summed E-state index contributed by atoms with van der Waals surface area (Å²) in [5.74, 6) is 0. The van der Waals surface area contributed by atoms with Gasteiger partial charge in [-0.15, -0.1) is 0 Å². The Morgan fingerprint density at radius 2 is 1.62 bits per heavy atom. The van der Waals surface area contributed by atoms with Crippen LogP contribution in [-0.2, 0) is 14.8 Å². The third kappa shape index (κ3) is 3.95. The SMILES string of the molecule is CC(c1ccc(NS(=O)(=O)c2ccccc2)cc1)N1CCOCC1. The molecule has 2 aromatic carbocycles. The minimum atomic E-state index is -3.54. The van der Waals surface area contributed by atoms with E-state index in [1.807, 2.05) is 24.3 Å². The Hall–Kier alpha value is -1.89. The van der Waals surface area contributed by atoms with Gasteiger partial charge in [-0.3, -0.25) is 9.62 Å². The molecule has 1 fully saturated rings. The molecule has 0 saturated carbocycles. The Balaban J connectivity index is 1.70. The number of rotatable bonds is 5. The van der Waals surface area contributed by atoms with Crippen LogP contribution in [0.15, 0.2) is 59.5 Å². The van der Waals surface area contributed by atoms with Crippen LogP contribution >= 0.6 is 0 Å². The normalized spacial score (nSPS) is 17.4. The third-order valence-corrected chi connectivity index (χ3v) is 5.69. The molecule has 0 spiro atoms. The molecule has 1 saturated heterocycles. The third-order valence-electron chi connectivity index (χ3n) is 4.29. The molecule has 128 valence electrons. The Morgan fingerprint density at radius 3 is 2.25 bits per heavy atom. The molecule has 1 atom stereocenters. The van der Waals surface area contributed by atoms with E-state index < -0.39 is 10.0 Å². The summed E-state index contributed by atoms with van der Waals surface area (Å²) in [5.41, 5.74) is 1.73. The first-order valence-electron chi connectivity index (χ1n) is 8.06. The standard InChI is InChI=1S/C18H22N2O3S/c1-15(20-11-13-23-14-12-20)16-7-9-17(10-8-16)19-24(21,22)18-5-3-2-4-6-18/h2-10,15,19H,11-14H2,1H3. The summed E-state index contributed by atoms with van der Waals surface area (Å²) in [6, 6.07) is 16.2. The van der Waals surface area contributed by atoms with Gasteiger partial charge >= 0.3 is 0 Å². The van der Waals surface area contributed by atoms with Gasteiger partial charge in [0.05, 0.1) is 18.1 Å². The predicted molar refractivity (Wildman–Crippen MR) is 94.5 cm³/mol. The summed E-state index contributed by atoms with van der Waals surface area (Å²) in [6.07, 6.45) is 0. The van der Waals surface area contributed by atoms with Gasteiger partial charge in [0.15, 0.2) is 0 Å². The number of nitrogens with zero attached hydrogens (tertiary/aromatic N) is 1. The fourth-order valence-electron chi connectivity index (χ4n) is 2.82. The van der Waals surface area contributed by atoms with Crippen molar-refractivity contribution >= 4 is 15.7 Å². The molecular formula is C18H22N2O3S. The summed E-state index contributed by atoms with van der Waals surface area (Å²) in [4.78, 5) is 2.63. The highest BCUT2D eigenvalue weighted by molar-refractivity contribution is 7.92. The van der Waals surface area contributed by atoms with E-state index in [0.717, 1.165) is 26.3 Å². The van der Waals surface area contributed by atoms with Gasteiger partial charge < -0.3 is 4.74 Å². The van der Waals surface area contributed by atoms with Crippen LogP contribution < -0.4 is 4.72 Å². The molecule has 24 heavy (non-hydrogen) atoms. The number of hydrogen-bond acceptors (Lipinski definition) is 4. The fraction of sp³-hybridized carbons (Fsp3) is 0.333. The Labute approximate surface area is 143 Å². The average molecular weight is 346 g/mol. The van der Waals surface area contributed by atoms with Crippen LogP contribution in [0.3, 0.4) is 0 Å². The molecule has 6 heteroatoms. The highest BCUT2D eigenvalue weighted by Crippen LogP contribution is 2.23. The second kappa shape index (κ2) is 7.34. The summed E-state index contributed by atoms with van der Waals surface area (Å²) < 4.78 is 32.7. The van der Waals surface area contributed by atoms with Gasteiger partial charge in [-0.25, -0.2) is 8.42 Å². The molecule has 1 unspecified atom stereocenters. The molecule has 1 aliphatic heterocycles. The Bertz CT molecular complexity index is 755. The molecule has 3 rings (SSSR count). The summed E-state index contributed by atoms with van der Waals surface area (Å²) >= 11 is 0. The van der Waals surface area contributed by atoms with E-state index in [4.69, 9.17) is 4.74 Å². The van der Waals surface area contributed by atoms with Gasteiger partial charge in [0.25, 0.3) is 10.0 Å².